The summed E-state index contributed by atoms with van der Waals surface area (Å²) in [6.07, 6.45) is 1.99. The predicted octanol–water partition coefficient (Wildman–Crippen LogP) is 1.65. The lowest BCUT2D eigenvalue weighted by Crippen LogP contribution is -2.34. The van der Waals surface area contributed by atoms with Crippen molar-refractivity contribution in [3.63, 3.8) is 0 Å². The Morgan fingerprint density at radius 1 is 1.43 bits per heavy atom. The first kappa shape index (κ1) is 14.2. The molecule has 0 aromatic heterocycles. The average molecular weight is 224 g/mol. The van der Waals surface area contributed by atoms with Gasteiger partial charge in [-0.15, -0.1) is 11.6 Å². The van der Waals surface area contributed by atoms with Crippen LogP contribution in [0.5, 0.6) is 0 Å². The summed E-state index contributed by atoms with van der Waals surface area (Å²) in [5, 5.41) is 3.39. The molecule has 3 nitrogen and oxygen atoms in total. The summed E-state index contributed by atoms with van der Waals surface area (Å²) in [4.78, 5) is 0. The molecule has 0 spiro atoms. The fourth-order valence-corrected chi connectivity index (χ4v) is 1.47. The molecule has 0 aromatic carbocycles. The van der Waals surface area contributed by atoms with Crippen molar-refractivity contribution in [2.75, 3.05) is 39.4 Å². The molecule has 0 fully saturated rings. The highest BCUT2D eigenvalue weighted by molar-refractivity contribution is 6.17. The fraction of sp³-hybridized carbons (Fsp3) is 1.00. The first-order valence-corrected chi connectivity index (χ1v) is 5.74. The first-order chi connectivity index (χ1) is 6.85. The van der Waals surface area contributed by atoms with Gasteiger partial charge in [0.2, 0.25) is 0 Å². The maximum Gasteiger partial charge on any atom is 0.0616 e. The Bertz CT molecular complexity index is 108. The van der Waals surface area contributed by atoms with Gasteiger partial charge in [0.05, 0.1) is 6.61 Å². The molecule has 86 valence electrons. The zero-order chi connectivity index (χ0) is 10.6. The second kappa shape index (κ2) is 11.2. The zero-order valence-electron chi connectivity index (χ0n) is 9.22. The van der Waals surface area contributed by atoms with Crippen LogP contribution in [-0.4, -0.2) is 45.4 Å². The second-order valence-electron chi connectivity index (χ2n) is 3.13. The molecule has 0 aromatic rings. The fourth-order valence-electron chi connectivity index (χ4n) is 1.20. The van der Waals surface area contributed by atoms with Gasteiger partial charge in [-0.05, 0) is 26.3 Å². The first-order valence-electron chi connectivity index (χ1n) is 5.21. The minimum Gasteiger partial charge on any atom is -0.383 e. The SMILES string of the molecule is CCOCCCNC(CCCl)COC. The molecule has 0 rings (SSSR count). The number of alkyl halides is 1. The van der Waals surface area contributed by atoms with Crippen LogP contribution in [0.2, 0.25) is 0 Å². The normalized spacial score (nSPS) is 13.1. The lowest BCUT2D eigenvalue weighted by atomic mass is 10.2. The Morgan fingerprint density at radius 2 is 2.21 bits per heavy atom. The highest BCUT2D eigenvalue weighted by Gasteiger charge is 2.05. The molecule has 0 saturated carbocycles. The molecular weight excluding hydrogens is 202 g/mol. The van der Waals surface area contributed by atoms with Crippen LogP contribution in [-0.2, 0) is 9.47 Å². The zero-order valence-corrected chi connectivity index (χ0v) is 9.98. The van der Waals surface area contributed by atoms with Crippen LogP contribution in [0.1, 0.15) is 19.8 Å². The van der Waals surface area contributed by atoms with Crippen molar-refractivity contribution in [2.24, 2.45) is 0 Å². The molecule has 0 radical (unpaired) electrons. The van der Waals surface area contributed by atoms with Crippen molar-refractivity contribution in [2.45, 2.75) is 25.8 Å². The van der Waals surface area contributed by atoms with E-state index in [0.29, 0.717) is 11.9 Å². The van der Waals surface area contributed by atoms with Crippen LogP contribution in [0.15, 0.2) is 0 Å². The van der Waals surface area contributed by atoms with Crippen molar-refractivity contribution in [1.29, 1.82) is 0 Å². The predicted molar refractivity (Wildman–Crippen MR) is 60.1 cm³/mol. The summed E-state index contributed by atoms with van der Waals surface area (Å²) in [6.45, 7) is 5.31. The van der Waals surface area contributed by atoms with E-state index in [9.17, 15) is 0 Å². The van der Waals surface area contributed by atoms with Crippen LogP contribution in [0.4, 0.5) is 0 Å². The van der Waals surface area contributed by atoms with E-state index in [4.69, 9.17) is 21.1 Å². The van der Waals surface area contributed by atoms with Gasteiger partial charge in [-0.2, -0.15) is 0 Å². The van der Waals surface area contributed by atoms with E-state index in [1.807, 2.05) is 6.92 Å². The van der Waals surface area contributed by atoms with E-state index in [1.54, 1.807) is 7.11 Å². The van der Waals surface area contributed by atoms with E-state index >= 15 is 0 Å². The smallest absolute Gasteiger partial charge is 0.0616 e. The van der Waals surface area contributed by atoms with E-state index in [1.165, 1.54) is 0 Å². The van der Waals surface area contributed by atoms with E-state index in [0.717, 1.165) is 39.2 Å². The summed E-state index contributed by atoms with van der Waals surface area (Å²) in [6, 6.07) is 0.374. The Hall–Kier alpha value is 0.170. The largest absolute Gasteiger partial charge is 0.383 e. The van der Waals surface area contributed by atoms with Gasteiger partial charge in [-0.1, -0.05) is 0 Å². The third-order valence-corrected chi connectivity index (χ3v) is 2.15. The van der Waals surface area contributed by atoms with Crippen LogP contribution < -0.4 is 5.32 Å². The van der Waals surface area contributed by atoms with Gasteiger partial charge >= 0.3 is 0 Å². The molecule has 1 N–H and O–H groups in total. The van der Waals surface area contributed by atoms with Gasteiger partial charge in [-0.3, -0.25) is 0 Å². The number of halogens is 1. The molecule has 0 heterocycles. The molecule has 0 bridgehead atoms. The minimum absolute atomic E-state index is 0.374. The van der Waals surface area contributed by atoms with E-state index in [-0.39, 0.29) is 0 Å². The van der Waals surface area contributed by atoms with Crippen molar-refractivity contribution in [1.82, 2.24) is 5.32 Å². The third kappa shape index (κ3) is 8.75. The number of rotatable bonds is 10. The van der Waals surface area contributed by atoms with E-state index in [2.05, 4.69) is 5.32 Å². The summed E-state index contributed by atoms with van der Waals surface area (Å²) < 4.78 is 10.3. The van der Waals surface area contributed by atoms with Crippen molar-refractivity contribution >= 4 is 11.6 Å². The standard InChI is InChI=1S/C10H22ClNO2/c1-3-14-8-4-7-12-10(5-6-11)9-13-2/h10,12H,3-9H2,1-2H3. The highest BCUT2D eigenvalue weighted by atomic mass is 35.5. The number of ether oxygens (including phenoxy) is 2. The van der Waals surface area contributed by atoms with Gasteiger partial charge in [0.15, 0.2) is 0 Å². The molecule has 4 heteroatoms. The molecule has 0 aliphatic heterocycles. The lowest BCUT2D eigenvalue weighted by Gasteiger charge is -2.16. The Balaban J connectivity index is 3.30. The van der Waals surface area contributed by atoms with Gasteiger partial charge in [-0.25, -0.2) is 0 Å². The van der Waals surface area contributed by atoms with Crippen LogP contribution >= 0.6 is 11.6 Å². The maximum absolute atomic E-state index is 5.67. The average Bonchev–Trinajstić information content (AvgIpc) is 2.18. The van der Waals surface area contributed by atoms with Crippen molar-refractivity contribution < 1.29 is 9.47 Å². The van der Waals surface area contributed by atoms with Crippen LogP contribution in [0.25, 0.3) is 0 Å². The van der Waals surface area contributed by atoms with Crippen LogP contribution in [0.3, 0.4) is 0 Å². The minimum atomic E-state index is 0.374. The van der Waals surface area contributed by atoms with Gasteiger partial charge in [0.25, 0.3) is 0 Å². The number of hydrogen-bond acceptors (Lipinski definition) is 3. The third-order valence-electron chi connectivity index (χ3n) is 1.93. The van der Waals surface area contributed by atoms with Gasteiger partial charge < -0.3 is 14.8 Å². The van der Waals surface area contributed by atoms with Crippen molar-refractivity contribution in [3.05, 3.63) is 0 Å². The lowest BCUT2D eigenvalue weighted by molar-refractivity contribution is 0.138. The number of methoxy groups -OCH3 is 1. The Morgan fingerprint density at radius 3 is 2.79 bits per heavy atom. The maximum atomic E-state index is 5.67. The van der Waals surface area contributed by atoms with Crippen molar-refractivity contribution in [3.8, 4) is 0 Å². The van der Waals surface area contributed by atoms with Crippen LogP contribution in [0, 0.1) is 0 Å². The molecule has 1 unspecified atom stereocenters. The summed E-state index contributed by atoms with van der Waals surface area (Å²) in [5.74, 6) is 0.673. The summed E-state index contributed by atoms with van der Waals surface area (Å²) in [5.41, 5.74) is 0. The molecule has 14 heavy (non-hydrogen) atoms. The summed E-state index contributed by atoms with van der Waals surface area (Å²) in [7, 11) is 1.71. The molecular formula is C10H22ClNO2. The monoisotopic (exact) mass is 223 g/mol. The van der Waals surface area contributed by atoms with E-state index < -0.39 is 0 Å². The molecule has 0 saturated heterocycles. The van der Waals surface area contributed by atoms with Gasteiger partial charge in [0.1, 0.15) is 0 Å². The summed E-state index contributed by atoms with van der Waals surface area (Å²) >= 11 is 5.67. The topological polar surface area (TPSA) is 30.5 Å². The second-order valence-corrected chi connectivity index (χ2v) is 3.51. The highest BCUT2D eigenvalue weighted by Crippen LogP contribution is 1.95. The molecule has 0 aliphatic rings. The molecule has 0 amide bonds. The Labute approximate surface area is 92.1 Å². The van der Waals surface area contributed by atoms with Gasteiger partial charge in [0, 0.05) is 32.2 Å². The number of hydrogen-bond donors (Lipinski definition) is 1. The molecule has 0 aliphatic carbocycles. The quantitative estimate of drug-likeness (QED) is 0.451. The molecule has 1 atom stereocenters. The number of nitrogens with one attached hydrogen (secondary N) is 1. The Kier molecular flexibility index (Phi) is 11.4.